The maximum Gasteiger partial charge on any atom is 0.167 e. The summed E-state index contributed by atoms with van der Waals surface area (Å²) in [7, 11) is 0. The Labute approximate surface area is 347 Å². The van der Waals surface area contributed by atoms with E-state index < -0.39 is 30.5 Å². The zero-order valence-corrected chi connectivity index (χ0v) is 33.3. The van der Waals surface area contributed by atoms with Gasteiger partial charge in [-0.1, -0.05) is 156 Å². The number of nitrogens with zero attached hydrogens (tertiary/aromatic N) is 4. The summed E-state index contributed by atoms with van der Waals surface area (Å²) in [6.07, 6.45) is -2.34. The lowest BCUT2D eigenvalue weighted by molar-refractivity contribution is -0.275. The molecule has 11 heteroatoms. The quantitative estimate of drug-likeness (QED) is 0.0891. The lowest BCUT2D eigenvalue weighted by Gasteiger charge is -2.46. The molecule has 1 fully saturated rings. The van der Waals surface area contributed by atoms with Crippen LogP contribution in [0.25, 0.3) is 10.7 Å². The lowest BCUT2D eigenvalue weighted by atomic mass is 9.89. The van der Waals surface area contributed by atoms with Gasteiger partial charge < -0.3 is 23.7 Å². The molecule has 1 saturated heterocycles. The van der Waals surface area contributed by atoms with Gasteiger partial charge in [-0.2, -0.15) is 5.10 Å². The third kappa shape index (κ3) is 10.5. The molecule has 0 aliphatic carbocycles. The summed E-state index contributed by atoms with van der Waals surface area (Å²) in [5.41, 5.74) is 9.06. The molecule has 8 rings (SSSR count). The Morgan fingerprint density at radius 2 is 1.14 bits per heavy atom. The van der Waals surface area contributed by atoms with Crippen LogP contribution in [0.4, 0.5) is 0 Å². The molecule has 1 aliphatic rings. The van der Waals surface area contributed by atoms with E-state index in [1.54, 1.807) is 5.51 Å². The molecule has 0 N–H and O–H groups in total. The highest BCUT2D eigenvalue weighted by atomic mass is 35.5. The number of rotatable bonds is 17. The standard InChI is InChI=1S/C47H43ClN4O5S/c48-40-23-21-37(25-38(40)26-39-22-24-41(51-50-39)47-52-49-32-58-47)43-45(55-29-35-17-9-3-10-18-35)46(56-30-36-19-11-4-12-20-36)44(54-28-34-15-7-2-8-16-34)42(57-43)31-53-27-33-13-5-1-6-14-33/h1-25,32,42-46H,26-31H2. The third-order valence-electron chi connectivity index (χ3n) is 9.95. The predicted octanol–water partition coefficient (Wildman–Crippen LogP) is 9.65. The fraction of sp³-hybridized carbons (Fsp3) is 0.234. The Morgan fingerprint density at radius 3 is 1.69 bits per heavy atom. The first-order valence-corrected chi connectivity index (χ1v) is 20.5. The van der Waals surface area contributed by atoms with Crippen molar-refractivity contribution in [3.63, 3.8) is 0 Å². The molecule has 0 bridgehead atoms. The van der Waals surface area contributed by atoms with E-state index in [0.717, 1.165) is 39.1 Å². The number of hydrogen-bond acceptors (Lipinski definition) is 10. The van der Waals surface area contributed by atoms with E-state index in [-0.39, 0.29) is 6.61 Å². The molecule has 5 atom stereocenters. The van der Waals surface area contributed by atoms with E-state index in [1.807, 2.05) is 97.1 Å². The molecule has 7 aromatic rings. The van der Waals surface area contributed by atoms with Crippen LogP contribution >= 0.6 is 22.9 Å². The summed E-state index contributed by atoms with van der Waals surface area (Å²) in [6, 6.07) is 50.4. The fourth-order valence-corrected chi connectivity index (χ4v) is 7.72. The summed E-state index contributed by atoms with van der Waals surface area (Å²) in [5, 5.41) is 18.3. The van der Waals surface area contributed by atoms with Crippen LogP contribution in [0.2, 0.25) is 5.02 Å². The van der Waals surface area contributed by atoms with Crippen LogP contribution in [0, 0.1) is 0 Å². The highest BCUT2D eigenvalue weighted by Gasteiger charge is 2.49. The fourth-order valence-electron chi connectivity index (χ4n) is 7.01. The minimum Gasteiger partial charge on any atom is -0.374 e. The normalized spacial score (nSPS) is 19.2. The molecule has 0 spiro atoms. The Kier molecular flexibility index (Phi) is 13.7. The molecule has 9 nitrogen and oxygen atoms in total. The zero-order valence-electron chi connectivity index (χ0n) is 31.8. The topological polar surface area (TPSA) is 97.7 Å². The van der Waals surface area contributed by atoms with Gasteiger partial charge >= 0.3 is 0 Å². The van der Waals surface area contributed by atoms with Crippen LogP contribution in [0.3, 0.4) is 0 Å². The average molecular weight is 811 g/mol. The summed E-state index contributed by atoms with van der Waals surface area (Å²) in [4.78, 5) is 0. The predicted molar refractivity (Wildman–Crippen MR) is 224 cm³/mol. The van der Waals surface area contributed by atoms with Crippen molar-refractivity contribution in [1.29, 1.82) is 0 Å². The van der Waals surface area contributed by atoms with Crippen LogP contribution in [0.1, 0.15) is 45.2 Å². The number of ether oxygens (including phenoxy) is 5. The van der Waals surface area contributed by atoms with Gasteiger partial charge in [-0.05, 0) is 51.6 Å². The first kappa shape index (κ1) is 39.6. The zero-order chi connectivity index (χ0) is 39.4. The first-order valence-electron chi connectivity index (χ1n) is 19.3. The third-order valence-corrected chi connectivity index (χ3v) is 11.0. The molecule has 2 aromatic heterocycles. The van der Waals surface area contributed by atoms with Crippen LogP contribution in [-0.4, -0.2) is 51.4 Å². The van der Waals surface area contributed by atoms with Crippen LogP contribution in [0.5, 0.6) is 0 Å². The van der Waals surface area contributed by atoms with Crippen LogP contribution in [-0.2, 0) is 56.5 Å². The monoisotopic (exact) mass is 810 g/mol. The van der Waals surface area contributed by atoms with Crippen molar-refractivity contribution >= 4 is 22.9 Å². The number of hydrogen-bond donors (Lipinski definition) is 0. The van der Waals surface area contributed by atoms with Gasteiger partial charge in [0.2, 0.25) is 0 Å². The number of benzene rings is 5. The van der Waals surface area contributed by atoms with Crippen molar-refractivity contribution in [3.8, 4) is 10.7 Å². The second kappa shape index (κ2) is 20.0. The van der Waals surface area contributed by atoms with Gasteiger partial charge in [0, 0.05) is 11.4 Å². The maximum atomic E-state index is 7.16. The minimum absolute atomic E-state index is 0.262. The molecular formula is C47H43ClN4O5S. The smallest absolute Gasteiger partial charge is 0.167 e. The number of halogens is 1. The largest absolute Gasteiger partial charge is 0.374 e. The van der Waals surface area contributed by atoms with E-state index in [9.17, 15) is 0 Å². The Balaban J connectivity index is 1.14. The van der Waals surface area contributed by atoms with Crippen molar-refractivity contribution in [2.75, 3.05) is 6.61 Å². The van der Waals surface area contributed by atoms with Crippen molar-refractivity contribution in [2.45, 2.75) is 63.4 Å². The summed E-state index contributed by atoms with van der Waals surface area (Å²) < 4.78 is 34.3. The van der Waals surface area contributed by atoms with Crippen LogP contribution < -0.4 is 0 Å². The van der Waals surface area contributed by atoms with Gasteiger partial charge in [0.25, 0.3) is 0 Å². The molecule has 5 unspecified atom stereocenters. The number of aromatic nitrogens is 4. The average Bonchev–Trinajstić information content (AvgIpc) is 3.83. The molecule has 3 heterocycles. The molecule has 0 saturated carbocycles. The van der Waals surface area contributed by atoms with Gasteiger partial charge in [-0.25, -0.2) is 0 Å². The van der Waals surface area contributed by atoms with E-state index in [2.05, 4.69) is 75.0 Å². The molecule has 294 valence electrons. The van der Waals surface area contributed by atoms with Crippen molar-refractivity contribution in [2.24, 2.45) is 0 Å². The van der Waals surface area contributed by atoms with E-state index in [4.69, 9.17) is 35.3 Å². The Hall–Kier alpha value is -5.17. The van der Waals surface area contributed by atoms with Gasteiger partial charge in [0.05, 0.1) is 38.7 Å². The van der Waals surface area contributed by atoms with Gasteiger partial charge in [-0.15, -0.1) is 15.3 Å². The van der Waals surface area contributed by atoms with E-state index in [1.165, 1.54) is 11.3 Å². The van der Waals surface area contributed by atoms with Crippen LogP contribution in [0.15, 0.2) is 157 Å². The van der Waals surface area contributed by atoms with Crippen molar-refractivity contribution in [3.05, 3.63) is 201 Å². The van der Waals surface area contributed by atoms with E-state index in [0.29, 0.717) is 48.6 Å². The maximum absolute atomic E-state index is 7.16. The summed E-state index contributed by atoms with van der Waals surface area (Å²) >= 11 is 8.31. The molecule has 5 aromatic carbocycles. The second-order valence-corrected chi connectivity index (χ2v) is 15.3. The van der Waals surface area contributed by atoms with Crippen molar-refractivity contribution < 1.29 is 23.7 Å². The van der Waals surface area contributed by atoms with E-state index >= 15 is 0 Å². The summed E-state index contributed by atoms with van der Waals surface area (Å²) in [6.45, 7) is 1.73. The van der Waals surface area contributed by atoms with Crippen molar-refractivity contribution in [1.82, 2.24) is 20.4 Å². The first-order chi connectivity index (χ1) is 28.7. The SMILES string of the molecule is Clc1ccc(C2OC(COCc3ccccc3)C(OCc3ccccc3)C(OCc3ccccc3)C2OCc2ccccc2)cc1Cc1ccc(-c2nncs2)nn1. The lowest BCUT2D eigenvalue weighted by Crippen LogP contribution is -2.58. The summed E-state index contributed by atoms with van der Waals surface area (Å²) in [5.74, 6) is 0. The molecule has 0 radical (unpaired) electrons. The Morgan fingerprint density at radius 1 is 0.569 bits per heavy atom. The second-order valence-electron chi connectivity index (χ2n) is 14.1. The van der Waals surface area contributed by atoms with Gasteiger partial charge in [0.15, 0.2) is 5.01 Å². The highest BCUT2D eigenvalue weighted by Crippen LogP contribution is 2.40. The minimum atomic E-state index is -0.588. The molecule has 1 aliphatic heterocycles. The highest BCUT2D eigenvalue weighted by molar-refractivity contribution is 7.12. The van der Waals surface area contributed by atoms with Gasteiger partial charge in [-0.3, -0.25) is 0 Å². The van der Waals surface area contributed by atoms with Gasteiger partial charge in [0.1, 0.15) is 41.7 Å². The molecule has 0 amide bonds. The Bertz CT molecular complexity index is 2270. The molecule has 58 heavy (non-hydrogen) atoms. The molecular weight excluding hydrogens is 768 g/mol.